The summed E-state index contributed by atoms with van der Waals surface area (Å²) in [5.41, 5.74) is 1.39. The average Bonchev–Trinajstić information content (AvgIpc) is 2.63. The summed E-state index contributed by atoms with van der Waals surface area (Å²) in [5, 5.41) is 2.87. The lowest BCUT2D eigenvalue weighted by molar-refractivity contribution is -0.128. The summed E-state index contributed by atoms with van der Waals surface area (Å²) >= 11 is 0. The fraction of sp³-hybridized carbons (Fsp3) is 0.409. The van der Waals surface area contributed by atoms with Gasteiger partial charge in [-0.3, -0.25) is 4.79 Å². The van der Waals surface area contributed by atoms with Crippen molar-refractivity contribution < 1.29 is 14.3 Å². The van der Waals surface area contributed by atoms with Crippen LogP contribution in [0.5, 0.6) is 11.5 Å². The Morgan fingerprint density at radius 2 is 1.65 bits per heavy atom. The number of benzene rings is 2. The van der Waals surface area contributed by atoms with Gasteiger partial charge in [0.25, 0.3) is 5.91 Å². The van der Waals surface area contributed by atoms with Crippen LogP contribution < -0.4 is 14.8 Å². The number of ether oxygens (including phenoxy) is 2. The van der Waals surface area contributed by atoms with E-state index >= 15 is 0 Å². The number of hydrogen-bond donors (Lipinski definition) is 1. The Kier molecular flexibility index (Phi) is 7.07. The molecule has 2 aromatic carbocycles. The van der Waals surface area contributed by atoms with E-state index in [1.807, 2.05) is 49.4 Å². The third kappa shape index (κ3) is 6.10. The molecule has 140 valence electrons. The normalized spacial score (nSPS) is 12.3. The van der Waals surface area contributed by atoms with Crippen molar-refractivity contribution in [1.29, 1.82) is 0 Å². The summed E-state index contributed by atoms with van der Waals surface area (Å²) in [6.45, 7) is 9.33. The van der Waals surface area contributed by atoms with Crippen molar-refractivity contribution in [2.24, 2.45) is 0 Å². The first-order valence-corrected chi connectivity index (χ1v) is 9.13. The first-order chi connectivity index (χ1) is 12.4. The van der Waals surface area contributed by atoms with E-state index in [0.717, 1.165) is 5.75 Å². The zero-order chi connectivity index (χ0) is 19.0. The van der Waals surface area contributed by atoms with Crippen LogP contribution in [0.25, 0.3) is 0 Å². The van der Waals surface area contributed by atoms with Crippen molar-refractivity contribution in [3.8, 4) is 11.5 Å². The molecule has 0 saturated carbocycles. The molecule has 0 spiro atoms. The van der Waals surface area contributed by atoms with Crippen LogP contribution in [0, 0.1) is 0 Å². The molecule has 1 unspecified atom stereocenters. The first kappa shape index (κ1) is 19.8. The van der Waals surface area contributed by atoms with Gasteiger partial charge < -0.3 is 14.8 Å². The summed E-state index contributed by atoms with van der Waals surface area (Å²) in [7, 11) is 0. The van der Waals surface area contributed by atoms with Gasteiger partial charge in [-0.1, -0.05) is 58.0 Å². The Morgan fingerprint density at radius 1 is 1.00 bits per heavy atom. The molecular formula is C22H29NO3. The number of nitrogens with one attached hydrogen (secondary N) is 1. The molecule has 2 rings (SSSR count). The molecule has 0 heterocycles. The number of para-hydroxylation sites is 1. The molecule has 4 nitrogen and oxygen atoms in total. The fourth-order valence-electron chi connectivity index (χ4n) is 2.49. The zero-order valence-electron chi connectivity index (χ0n) is 16.1. The molecule has 0 aromatic heterocycles. The first-order valence-electron chi connectivity index (χ1n) is 9.13. The minimum Gasteiger partial charge on any atom is -0.492 e. The third-order valence-corrected chi connectivity index (χ3v) is 4.08. The van der Waals surface area contributed by atoms with Gasteiger partial charge in [-0.25, -0.2) is 0 Å². The van der Waals surface area contributed by atoms with Gasteiger partial charge in [0, 0.05) is 0 Å². The highest BCUT2D eigenvalue weighted by Gasteiger charge is 2.17. The molecule has 0 saturated heterocycles. The Morgan fingerprint density at radius 3 is 2.23 bits per heavy atom. The van der Waals surface area contributed by atoms with E-state index in [0.29, 0.717) is 25.3 Å². The molecular weight excluding hydrogens is 326 g/mol. The van der Waals surface area contributed by atoms with Crippen molar-refractivity contribution in [2.75, 3.05) is 13.2 Å². The number of carbonyl (C=O) groups excluding carboxylic acids is 1. The molecule has 0 fully saturated rings. The van der Waals surface area contributed by atoms with E-state index in [2.05, 4.69) is 38.2 Å². The Labute approximate surface area is 156 Å². The minimum absolute atomic E-state index is 0.122. The van der Waals surface area contributed by atoms with Crippen LogP contribution in [-0.4, -0.2) is 25.2 Å². The van der Waals surface area contributed by atoms with Crippen LogP contribution in [-0.2, 0) is 10.2 Å². The second kappa shape index (κ2) is 9.27. The second-order valence-electron chi connectivity index (χ2n) is 7.24. The lowest BCUT2D eigenvalue weighted by Gasteiger charge is -2.19. The van der Waals surface area contributed by atoms with E-state index in [1.165, 1.54) is 5.56 Å². The highest BCUT2D eigenvalue weighted by Crippen LogP contribution is 2.24. The van der Waals surface area contributed by atoms with E-state index in [1.54, 1.807) is 0 Å². The average molecular weight is 355 g/mol. The predicted octanol–water partition coefficient (Wildman–Crippen LogP) is 4.34. The summed E-state index contributed by atoms with van der Waals surface area (Å²) in [5.74, 6) is 1.38. The van der Waals surface area contributed by atoms with Crippen molar-refractivity contribution in [2.45, 2.75) is 45.6 Å². The summed E-state index contributed by atoms with van der Waals surface area (Å²) in [6, 6.07) is 17.5. The molecule has 4 heteroatoms. The van der Waals surface area contributed by atoms with E-state index in [4.69, 9.17) is 9.47 Å². The number of carbonyl (C=O) groups is 1. The molecule has 1 atom stereocenters. The molecule has 1 amide bonds. The van der Waals surface area contributed by atoms with E-state index < -0.39 is 6.10 Å². The zero-order valence-corrected chi connectivity index (χ0v) is 16.1. The standard InChI is InChI=1S/C22H29NO3/c1-5-20(26-19-9-7-6-8-10-19)21(24)23-15-16-25-18-13-11-17(12-14-18)22(2,3)4/h6-14,20H,5,15-16H2,1-4H3,(H,23,24). The molecule has 1 N–H and O–H groups in total. The Balaban J connectivity index is 1.75. The van der Waals surface area contributed by atoms with Crippen LogP contribution in [0.1, 0.15) is 39.7 Å². The van der Waals surface area contributed by atoms with Gasteiger partial charge in [-0.05, 0) is 41.7 Å². The maximum atomic E-state index is 12.3. The molecule has 26 heavy (non-hydrogen) atoms. The minimum atomic E-state index is -0.497. The SMILES string of the molecule is CCC(Oc1ccccc1)C(=O)NCCOc1ccc(C(C)(C)C)cc1. The number of amides is 1. The lowest BCUT2D eigenvalue weighted by Crippen LogP contribution is -2.39. The van der Waals surface area contributed by atoms with Gasteiger partial charge >= 0.3 is 0 Å². The molecule has 0 aliphatic carbocycles. The van der Waals surface area contributed by atoms with E-state index in [9.17, 15) is 4.79 Å². The smallest absolute Gasteiger partial charge is 0.261 e. The highest BCUT2D eigenvalue weighted by molar-refractivity contribution is 5.81. The fourth-order valence-corrected chi connectivity index (χ4v) is 2.49. The molecule has 2 aromatic rings. The van der Waals surface area contributed by atoms with Gasteiger partial charge in [0.15, 0.2) is 6.10 Å². The highest BCUT2D eigenvalue weighted by atomic mass is 16.5. The van der Waals surface area contributed by atoms with Gasteiger partial charge in [0.2, 0.25) is 0 Å². The second-order valence-corrected chi connectivity index (χ2v) is 7.24. The largest absolute Gasteiger partial charge is 0.492 e. The van der Waals surface area contributed by atoms with Gasteiger partial charge in [0.1, 0.15) is 18.1 Å². The summed E-state index contributed by atoms with van der Waals surface area (Å²) < 4.78 is 11.4. The van der Waals surface area contributed by atoms with Gasteiger partial charge in [0.05, 0.1) is 6.54 Å². The Hall–Kier alpha value is -2.49. The van der Waals surface area contributed by atoms with Gasteiger partial charge in [-0.15, -0.1) is 0 Å². The maximum Gasteiger partial charge on any atom is 0.261 e. The third-order valence-electron chi connectivity index (χ3n) is 4.08. The van der Waals surface area contributed by atoms with Crippen LogP contribution in [0.3, 0.4) is 0 Å². The molecule has 0 aliphatic heterocycles. The lowest BCUT2D eigenvalue weighted by atomic mass is 9.87. The van der Waals surface area contributed by atoms with Crippen molar-refractivity contribution in [3.05, 3.63) is 60.2 Å². The monoisotopic (exact) mass is 355 g/mol. The predicted molar refractivity (Wildman–Crippen MR) is 105 cm³/mol. The van der Waals surface area contributed by atoms with Crippen molar-refractivity contribution >= 4 is 5.91 Å². The number of rotatable bonds is 8. The summed E-state index contributed by atoms with van der Waals surface area (Å²) in [4.78, 5) is 12.3. The number of hydrogen-bond acceptors (Lipinski definition) is 3. The quantitative estimate of drug-likeness (QED) is 0.717. The van der Waals surface area contributed by atoms with Crippen molar-refractivity contribution in [3.63, 3.8) is 0 Å². The summed E-state index contributed by atoms with van der Waals surface area (Å²) in [6.07, 6.45) is 0.110. The Bertz CT molecular complexity index is 675. The van der Waals surface area contributed by atoms with Crippen molar-refractivity contribution in [1.82, 2.24) is 5.32 Å². The molecule has 0 bridgehead atoms. The maximum absolute atomic E-state index is 12.3. The van der Waals surface area contributed by atoms with Crippen LogP contribution in [0.2, 0.25) is 0 Å². The topological polar surface area (TPSA) is 47.6 Å². The van der Waals surface area contributed by atoms with Crippen LogP contribution in [0.4, 0.5) is 0 Å². The van der Waals surface area contributed by atoms with E-state index in [-0.39, 0.29) is 11.3 Å². The van der Waals surface area contributed by atoms with Gasteiger partial charge in [-0.2, -0.15) is 0 Å². The van der Waals surface area contributed by atoms with Crippen LogP contribution >= 0.6 is 0 Å². The molecule has 0 aliphatic rings. The molecule has 0 radical (unpaired) electrons. The van der Waals surface area contributed by atoms with Crippen LogP contribution in [0.15, 0.2) is 54.6 Å².